The average Bonchev–Trinajstić information content (AvgIpc) is 2.76. The van der Waals surface area contributed by atoms with E-state index in [1.807, 2.05) is 13.8 Å². The van der Waals surface area contributed by atoms with Crippen LogP contribution in [-0.2, 0) is 0 Å². The van der Waals surface area contributed by atoms with Gasteiger partial charge in [0.05, 0.1) is 11.4 Å². The number of aromatic nitrogens is 2. The maximum absolute atomic E-state index is 12.4. The fourth-order valence-corrected chi connectivity index (χ4v) is 2.61. The van der Waals surface area contributed by atoms with E-state index in [0.29, 0.717) is 17.1 Å². The monoisotopic (exact) mass is 326 g/mol. The van der Waals surface area contributed by atoms with E-state index in [-0.39, 0.29) is 22.3 Å². The number of amides is 1. The molecule has 0 bridgehead atoms. The number of rotatable bonds is 3. The zero-order chi connectivity index (χ0) is 15.7. The molecular weight excluding hydrogens is 311 g/mol. The molecule has 0 radical (unpaired) electrons. The van der Waals surface area contributed by atoms with Crippen molar-refractivity contribution in [3.63, 3.8) is 0 Å². The summed E-state index contributed by atoms with van der Waals surface area (Å²) in [5, 5.41) is 3.20. The van der Waals surface area contributed by atoms with E-state index in [9.17, 15) is 4.79 Å². The van der Waals surface area contributed by atoms with Gasteiger partial charge in [0.2, 0.25) is 0 Å². The van der Waals surface area contributed by atoms with Crippen LogP contribution in [0.3, 0.4) is 0 Å². The number of aryl methyl sites for hydroxylation is 1. The lowest BCUT2D eigenvalue weighted by atomic mass is 10.2. The number of nitrogens with zero attached hydrogens (tertiary/aromatic N) is 2. The molecule has 0 aliphatic rings. The summed E-state index contributed by atoms with van der Waals surface area (Å²) in [5.41, 5.74) is 7.96. The van der Waals surface area contributed by atoms with Crippen molar-refractivity contribution in [2.45, 2.75) is 26.8 Å². The summed E-state index contributed by atoms with van der Waals surface area (Å²) >= 11 is 11.8. The first-order valence-electron chi connectivity index (χ1n) is 6.41. The first-order chi connectivity index (χ1) is 9.79. The third kappa shape index (κ3) is 3.31. The van der Waals surface area contributed by atoms with Crippen molar-refractivity contribution < 1.29 is 4.79 Å². The van der Waals surface area contributed by atoms with Crippen LogP contribution in [0.5, 0.6) is 0 Å². The molecule has 112 valence electrons. The average molecular weight is 327 g/mol. The molecule has 0 fully saturated rings. The van der Waals surface area contributed by atoms with Gasteiger partial charge in [-0.2, -0.15) is 0 Å². The van der Waals surface area contributed by atoms with Crippen molar-refractivity contribution >= 4 is 40.5 Å². The number of hydrogen-bond donors (Lipinski definition) is 2. The van der Waals surface area contributed by atoms with Gasteiger partial charge < -0.3 is 15.6 Å². The molecule has 21 heavy (non-hydrogen) atoms. The van der Waals surface area contributed by atoms with Crippen molar-refractivity contribution in [1.82, 2.24) is 9.55 Å². The molecule has 2 aromatic rings. The highest BCUT2D eigenvalue weighted by molar-refractivity contribution is 6.35. The standard InChI is InChI=1S/C14H16Cl2N4O/c1-7(2)20-6-9(17)5-10(20)14(21)19-12-8(3)4-11(15)18-13(12)16/h4-7H,17H2,1-3H3,(H,19,21). The molecule has 0 saturated carbocycles. The number of carbonyl (C=O) groups is 1. The third-order valence-electron chi connectivity index (χ3n) is 3.04. The van der Waals surface area contributed by atoms with Crippen LogP contribution >= 0.6 is 23.2 Å². The van der Waals surface area contributed by atoms with Gasteiger partial charge in [-0.05, 0) is 38.5 Å². The SMILES string of the molecule is Cc1cc(Cl)nc(Cl)c1NC(=O)c1cc(N)cn1C(C)C. The minimum atomic E-state index is -0.297. The summed E-state index contributed by atoms with van der Waals surface area (Å²) in [6.45, 7) is 5.74. The van der Waals surface area contributed by atoms with Gasteiger partial charge >= 0.3 is 0 Å². The number of hydrogen-bond acceptors (Lipinski definition) is 3. The van der Waals surface area contributed by atoms with Crippen LogP contribution in [-0.4, -0.2) is 15.5 Å². The maximum Gasteiger partial charge on any atom is 0.272 e. The quantitative estimate of drug-likeness (QED) is 0.839. The lowest BCUT2D eigenvalue weighted by molar-refractivity contribution is 0.101. The van der Waals surface area contributed by atoms with Crippen LogP contribution in [0.2, 0.25) is 10.3 Å². The molecule has 2 aromatic heterocycles. The third-order valence-corrected chi connectivity index (χ3v) is 3.51. The fourth-order valence-electron chi connectivity index (χ4n) is 2.03. The molecule has 5 nitrogen and oxygen atoms in total. The second kappa shape index (κ2) is 5.95. The van der Waals surface area contributed by atoms with E-state index in [4.69, 9.17) is 28.9 Å². The minimum absolute atomic E-state index is 0.114. The maximum atomic E-state index is 12.4. The molecule has 0 atom stereocenters. The normalized spacial score (nSPS) is 11.0. The van der Waals surface area contributed by atoms with E-state index in [1.54, 1.807) is 29.8 Å². The van der Waals surface area contributed by atoms with E-state index >= 15 is 0 Å². The lowest BCUT2D eigenvalue weighted by Crippen LogP contribution is -2.18. The summed E-state index contributed by atoms with van der Waals surface area (Å²) in [6, 6.07) is 3.38. The van der Waals surface area contributed by atoms with Gasteiger partial charge in [-0.1, -0.05) is 23.2 Å². The molecule has 2 rings (SSSR count). The van der Waals surface area contributed by atoms with Crippen LogP contribution in [0, 0.1) is 6.92 Å². The molecule has 0 unspecified atom stereocenters. The molecule has 2 heterocycles. The van der Waals surface area contributed by atoms with Gasteiger partial charge in [0.25, 0.3) is 5.91 Å². The lowest BCUT2D eigenvalue weighted by Gasteiger charge is -2.14. The van der Waals surface area contributed by atoms with E-state index in [2.05, 4.69) is 10.3 Å². The van der Waals surface area contributed by atoms with Gasteiger partial charge in [0, 0.05) is 12.2 Å². The molecule has 1 amide bonds. The van der Waals surface area contributed by atoms with Gasteiger partial charge in [0.15, 0.2) is 5.15 Å². The Hall–Kier alpha value is -1.72. The summed E-state index contributed by atoms with van der Waals surface area (Å²) < 4.78 is 1.80. The fraction of sp³-hybridized carbons (Fsp3) is 0.286. The number of pyridine rings is 1. The number of nitrogens with two attached hydrogens (primary N) is 1. The van der Waals surface area contributed by atoms with Crippen LogP contribution in [0.25, 0.3) is 0 Å². The summed E-state index contributed by atoms with van der Waals surface area (Å²) in [7, 11) is 0. The Bertz CT molecular complexity index is 671. The van der Waals surface area contributed by atoms with Gasteiger partial charge in [-0.15, -0.1) is 0 Å². The Balaban J connectivity index is 2.35. The van der Waals surface area contributed by atoms with Gasteiger partial charge in [-0.25, -0.2) is 4.98 Å². The van der Waals surface area contributed by atoms with Crippen LogP contribution in [0.4, 0.5) is 11.4 Å². The molecule has 7 heteroatoms. The Morgan fingerprint density at radius 3 is 2.62 bits per heavy atom. The molecule has 0 aromatic carbocycles. The molecule has 0 aliphatic heterocycles. The number of anilines is 2. The predicted octanol–water partition coefficient (Wildman–Crippen LogP) is 3.91. The highest BCUT2D eigenvalue weighted by Gasteiger charge is 2.17. The van der Waals surface area contributed by atoms with Gasteiger partial charge in [0.1, 0.15) is 10.8 Å². The first kappa shape index (κ1) is 15.7. The summed E-state index contributed by atoms with van der Waals surface area (Å²) in [5.74, 6) is -0.297. The molecule has 3 N–H and O–H groups in total. The zero-order valence-corrected chi connectivity index (χ0v) is 13.5. The Morgan fingerprint density at radius 2 is 2.05 bits per heavy atom. The topological polar surface area (TPSA) is 72.9 Å². The molecule has 0 spiro atoms. The van der Waals surface area contributed by atoms with E-state index in [0.717, 1.165) is 5.56 Å². The zero-order valence-electron chi connectivity index (χ0n) is 11.9. The van der Waals surface area contributed by atoms with Crippen molar-refractivity contribution in [3.8, 4) is 0 Å². The van der Waals surface area contributed by atoms with E-state index < -0.39 is 0 Å². The number of carbonyl (C=O) groups excluding carboxylic acids is 1. The van der Waals surface area contributed by atoms with Crippen LogP contribution < -0.4 is 11.1 Å². The highest BCUT2D eigenvalue weighted by atomic mass is 35.5. The number of nitrogen functional groups attached to an aromatic ring is 1. The van der Waals surface area contributed by atoms with Crippen LogP contribution in [0.15, 0.2) is 18.3 Å². The Morgan fingerprint density at radius 1 is 1.38 bits per heavy atom. The van der Waals surface area contributed by atoms with Crippen molar-refractivity contribution in [2.75, 3.05) is 11.1 Å². The van der Waals surface area contributed by atoms with Crippen LogP contribution in [0.1, 0.15) is 35.9 Å². The van der Waals surface area contributed by atoms with E-state index in [1.165, 1.54) is 0 Å². The molecule has 0 saturated heterocycles. The van der Waals surface area contributed by atoms with Gasteiger partial charge in [-0.3, -0.25) is 4.79 Å². The number of halogens is 2. The second-order valence-electron chi connectivity index (χ2n) is 5.04. The largest absolute Gasteiger partial charge is 0.397 e. The Labute approximate surface area is 133 Å². The highest BCUT2D eigenvalue weighted by Crippen LogP contribution is 2.27. The summed E-state index contributed by atoms with van der Waals surface area (Å²) in [6.07, 6.45) is 1.73. The molecular formula is C14H16Cl2N4O. The van der Waals surface area contributed by atoms with Crippen molar-refractivity contribution in [3.05, 3.63) is 39.9 Å². The second-order valence-corrected chi connectivity index (χ2v) is 5.79. The first-order valence-corrected chi connectivity index (χ1v) is 7.16. The smallest absolute Gasteiger partial charge is 0.272 e. The minimum Gasteiger partial charge on any atom is -0.397 e. The number of nitrogens with one attached hydrogen (secondary N) is 1. The molecule has 0 aliphatic carbocycles. The predicted molar refractivity (Wildman–Crippen MR) is 86.2 cm³/mol. The summed E-state index contributed by atoms with van der Waals surface area (Å²) in [4.78, 5) is 16.4. The van der Waals surface area contributed by atoms with Crippen molar-refractivity contribution in [1.29, 1.82) is 0 Å². The Kier molecular flexibility index (Phi) is 4.44. The van der Waals surface area contributed by atoms with Crippen molar-refractivity contribution in [2.24, 2.45) is 0 Å².